The third-order valence-electron chi connectivity index (χ3n) is 3.56. The van der Waals surface area contributed by atoms with Crippen LogP contribution in [0.4, 0.5) is 5.69 Å². The summed E-state index contributed by atoms with van der Waals surface area (Å²) in [7, 11) is -3.52. The van der Waals surface area contributed by atoms with Gasteiger partial charge in [0.15, 0.2) is 0 Å². The molecule has 0 bridgehead atoms. The first-order valence-electron chi connectivity index (χ1n) is 7.55. The Morgan fingerprint density at radius 1 is 1.00 bits per heavy atom. The average molecular weight is 367 g/mol. The molecule has 2 aromatic rings. The van der Waals surface area contributed by atoms with Crippen LogP contribution in [-0.2, 0) is 10.0 Å². The second-order valence-corrected chi connectivity index (χ2v) is 7.45. The average Bonchev–Trinajstić information content (AvgIpc) is 2.58. The number of carbonyl (C=O) groups excluding carboxylic acids is 1. The van der Waals surface area contributed by atoms with E-state index in [2.05, 4.69) is 5.32 Å². The number of halogens is 1. The summed E-state index contributed by atoms with van der Waals surface area (Å²) in [4.78, 5) is 12.4. The summed E-state index contributed by atoms with van der Waals surface area (Å²) in [5.74, 6) is -0.316. The molecule has 0 saturated carbocycles. The maximum Gasteiger partial charge on any atom is 0.255 e. The lowest BCUT2D eigenvalue weighted by molar-refractivity contribution is 0.102. The Hall–Kier alpha value is -1.89. The van der Waals surface area contributed by atoms with Crippen LogP contribution >= 0.6 is 11.6 Å². The molecule has 0 radical (unpaired) electrons. The monoisotopic (exact) mass is 366 g/mol. The van der Waals surface area contributed by atoms with Crippen molar-refractivity contribution in [1.82, 2.24) is 4.31 Å². The molecule has 0 aliphatic rings. The molecule has 1 amide bonds. The van der Waals surface area contributed by atoms with E-state index in [0.29, 0.717) is 29.4 Å². The Balaban J connectivity index is 2.16. The van der Waals surface area contributed by atoms with Gasteiger partial charge in [0.1, 0.15) is 0 Å². The van der Waals surface area contributed by atoms with Gasteiger partial charge in [0.2, 0.25) is 10.0 Å². The van der Waals surface area contributed by atoms with Crippen molar-refractivity contribution < 1.29 is 13.2 Å². The number of anilines is 1. The highest BCUT2D eigenvalue weighted by molar-refractivity contribution is 7.89. The van der Waals surface area contributed by atoms with E-state index in [1.54, 1.807) is 38.1 Å². The van der Waals surface area contributed by atoms with Gasteiger partial charge < -0.3 is 5.32 Å². The summed E-state index contributed by atoms with van der Waals surface area (Å²) in [6.45, 7) is 4.37. The van der Waals surface area contributed by atoms with Crippen LogP contribution in [-0.4, -0.2) is 31.7 Å². The van der Waals surface area contributed by atoms with Crippen molar-refractivity contribution in [3.8, 4) is 0 Å². The largest absolute Gasteiger partial charge is 0.322 e. The Bertz CT molecular complexity index is 799. The van der Waals surface area contributed by atoms with Crippen LogP contribution < -0.4 is 5.32 Å². The fourth-order valence-electron chi connectivity index (χ4n) is 2.23. The summed E-state index contributed by atoms with van der Waals surface area (Å²) in [5.41, 5.74) is 0.993. The molecule has 0 aliphatic heterocycles. The first-order valence-corrected chi connectivity index (χ1v) is 9.37. The number of rotatable bonds is 6. The van der Waals surface area contributed by atoms with E-state index >= 15 is 0 Å². The molecule has 0 aromatic heterocycles. The standard InChI is InChI=1S/C17H19ClN2O3S/c1-3-20(4-2)24(22,23)16-11-5-13(6-12-16)17(21)19-15-9-7-14(18)8-10-15/h5-12H,3-4H2,1-2H3,(H,19,21). The molecule has 0 atom stereocenters. The molecule has 24 heavy (non-hydrogen) atoms. The maximum absolute atomic E-state index is 12.4. The van der Waals surface area contributed by atoms with Crippen molar-refractivity contribution in [3.05, 3.63) is 59.1 Å². The molecule has 7 heteroatoms. The number of benzene rings is 2. The molecule has 5 nitrogen and oxygen atoms in total. The summed E-state index contributed by atoms with van der Waals surface area (Å²) in [6, 6.07) is 12.6. The Labute approximate surface area is 147 Å². The van der Waals surface area contributed by atoms with Crippen LogP contribution in [0.3, 0.4) is 0 Å². The van der Waals surface area contributed by atoms with Crippen LogP contribution in [0.5, 0.6) is 0 Å². The lowest BCUT2D eigenvalue weighted by atomic mass is 10.2. The third-order valence-corrected chi connectivity index (χ3v) is 5.88. The van der Waals surface area contributed by atoms with Gasteiger partial charge in [-0.3, -0.25) is 4.79 Å². The van der Waals surface area contributed by atoms with Crippen LogP contribution in [0.1, 0.15) is 24.2 Å². The molecule has 128 valence electrons. The van der Waals surface area contributed by atoms with Gasteiger partial charge in [-0.2, -0.15) is 4.31 Å². The van der Waals surface area contributed by atoms with E-state index in [9.17, 15) is 13.2 Å². The third kappa shape index (κ3) is 4.14. The number of amides is 1. The molecule has 0 saturated heterocycles. The lowest BCUT2D eigenvalue weighted by Gasteiger charge is -2.18. The highest BCUT2D eigenvalue weighted by atomic mass is 35.5. The highest BCUT2D eigenvalue weighted by Gasteiger charge is 2.21. The molecule has 2 rings (SSSR count). The predicted molar refractivity (Wildman–Crippen MR) is 96.0 cm³/mol. The normalized spacial score (nSPS) is 11.5. The van der Waals surface area contributed by atoms with Crippen molar-refractivity contribution in [3.63, 3.8) is 0 Å². The van der Waals surface area contributed by atoms with Crippen molar-refractivity contribution in [2.45, 2.75) is 18.7 Å². The Morgan fingerprint density at radius 3 is 2.04 bits per heavy atom. The van der Waals surface area contributed by atoms with E-state index in [4.69, 9.17) is 11.6 Å². The minimum absolute atomic E-state index is 0.175. The van der Waals surface area contributed by atoms with E-state index in [1.165, 1.54) is 28.6 Å². The minimum Gasteiger partial charge on any atom is -0.322 e. The van der Waals surface area contributed by atoms with Crippen molar-refractivity contribution in [2.24, 2.45) is 0 Å². The fourth-order valence-corrected chi connectivity index (χ4v) is 3.81. The minimum atomic E-state index is -3.52. The number of nitrogens with one attached hydrogen (secondary N) is 1. The van der Waals surface area contributed by atoms with Crippen LogP contribution in [0.25, 0.3) is 0 Å². The first kappa shape index (κ1) is 18.4. The molecule has 0 aliphatic carbocycles. The van der Waals surface area contributed by atoms with E-state index in [-0.39, 0.29) is 10.8 Å². The number of hydrogen-bond acceptors (Lipinski definition) is 3. The fraction of sp³-hybridized carbons (Fsp3) is 0.235. The van der Waals surface area contributed by atoms with Gasteiger partial charge in [0.05, 0.1) is 4.90 Å². The van der Waals surface area contributed by atoms with Gasteiger partial charge >= 0.3 is 0 Å². The van der Waals surface area contributed by atoms with E-state index in [0.717, 1.165) is 0 Å². The van der Waals surface area contributed by atoms with E-state index < -0.39 is 10.0 Å². The van der Waals surface area contributed by atoms with Crippen molar-refractivity contribution in [1.29, 1.82) is 0 Å². The van der Waals surface area contributed by atoms with Crippen LogP contribution in [0.15, 0.2) is 53.4 Å². The van der Waals surface area contributed by atoms with Gasteiger partial charge in [0, 0.05) is 29.4 Å². The lowest BCUT2D eigenvalue weighted by Crippen LogP contribution is -2.30. The zero-order valence-electron chi connectivity index (χ0n) is 13.5. The summed E-state index contributed by atoms with van der Waals surface area (Å²) < 4.78 is 26.2. The van der Waals surface area contributed by atoms with Gasteiger partial charge in [0.25, 0.3) is 5.91 Å². The number of sulfonamides is 1. The summed E-state index contributed by atoms with van der Waals surface area (Å²) in [6.07, 6.45) is 0. The first-order chi connectivity index (χ1) is 11.4. The Morgan fingerprint density at radius 2 is 1.54 bits per heavy atom. The van der Waals surface area contributed by atoms with Crippen molar-refractivity contribution in [2.75, 3.05) is 18.4 Å². The molecule has 0 unspecified atom stereocenters. The molecule has 0 fully saturated rings. The summed E-state index contributed by atoms with van der Waals surface area (Å²) >= 11 is 5.80. The second kappa shape index (κ2) is 7.79. The molecular weight excluding hydrogens is 348 g/mol. The molecule has 0 spiro atoms. The summed E-state index contributed by atoms with van der Waals surface area (Å²) in [5, 5.41) is 3.31. The number of hydrogen-bond donors (Lipinski definition) is 1. The van der Waals surface area contributed by atoms with Crippen LogP contribution in [0, 0.1) is 0 Å². The molecular formula is C17H19ClN2O3S. The van der Waals surface area contributed by atoms with Gasteiger partial charge in [-0.1, -0.05) is 25.4 Å². The molecule has 2 aromatic carbocycles. The van der Waals surface area contributed by atoms with Crippen molar-refractivity contribution >= 4 is 33.2 Å². The highest BCUT2D eigenvalue weighted by Crippen LogP contribution is 2.18. The number of carbonyl (C=O) groups is 1. The quantitative estimate of drug-likeness (QED) is 0.849. The number of nitrogens with zero attached hydrogens (tertiary/aromatic N) is 1. The molecule has 0 heterocycles. The smallest absolute Gasteiger partial charge is 0.255 e. The SMILES string of the molecule is CCN(CC)S(=O)(=O)c1ccc(C(=O)Nc2ccc(Cl)cc2)cc1. The van der Waals surface area contributed by atoms with Gasteiger partial charge in [-0.05, 0) is 48.5 Å². The van der Waals surface area contributed by atoms with E-state index in [1.807, 2.05) is 0 Å². The maximum atomic E-state index is 12.4. The molecule has 1 N–H and O–H groups in total. The van der Waals surface area contributed by atoms with Gasteiger partial charge in [-0.25, -0.2) is 8.42 Å². The Kier molecular flexibility index (Phi) is 5.99. The second-order valence-electron chi connectivity index (χ2n) is 5.07. The zero-order valence-corrected chi connectivity index (χ0v) is 15.1. The topological polar surface area (TPSA) is 66.5 Å². The predicted octanol–water partition coefficient (Wildman–Crippen LogP) is 3.62. The van der Waals surface area contributed by atoms with Crippen LogP contribution in [0.2, 0.25) is 5.02 Å². The zero-order chi connectivity index (χ0) is 17.7. The van der Waals surface area contributed by atoms with Gasteiger partial charge in [-0.15, -0.1) is 0 Å².